The van der Waals surface area contributed by atoms with Crippen molar-refractivity contribution >= 4 is 65.2 Å². The van der Waals surface area contributed by atoms with Gasteiger partial charge in [-0.1, -0.05) is 0 Å². The molecule has 0 saturated carbocycles. The molecule has 0 aromatic carbocycles. The Bertz CT molecular complexity index is 1780. The number of hydrogen-bond donors (Lipinski definition) is 8. The lowest BCUT2D eigenvalue weighted by Crippen LogP contribution is -2.66. The monoisotopic (exact) mass is 863 g/mol. The first kappa shape index (κ1) is 48.0. The van der Waals surface area contributed by atoms with Crippen molar-refractivity contribution < 1.29 is 67.4 Å². The fourth-order valence-corrected chi connectivity index (χ4v) is 8.79. The first-order chi connectivity index (χ1) is 28.7. The third-order valence-corrected chi connectivity index (χ3v) is 12.0. The van der Waals surface area contributed by atoms with Crippen LogP contribution in [0.1, 0.15) is 91.4 Å². The van der Waals surface area contributed by atoms with Crippen LogP contribution in [0.2, 0.25) is 0 Å². The van der Waals surface area contributed by atoms with Crippen molar-refractivity contribution in [1.29, 1.82) is 0 Å². The number of likely N-dealkylation sites (tertiary alicyclic amines) is 4. The maximum Gasteiger partial charge on any atom is 0.421 e. The third kappa shape index (κ3) is 11.2. The maximum atomic E-state index is 14.0. The Morgan fingerprint density at radius 2 is 1.25 bits per heavy atom. The summed E-state index contributed by atoms with van der Waals surface area (Å²) in [7, 11) is 0. The topological polar surface area (TPSA) is 338 Å². The molecule has 4 aliphatic rings. The van der Waals surface area contributed by atoms with Gasteiger partial charge in [-0.3, -0.25) is 43.2 Å². The van der Waals surface area contributed by atoms with E-state index in [1.54, 1.807) is 6.92 Å². The van der Waals surface area contributed by atoms with Gasteiger partial charge in [0, 0.05) is 38.9 Å². The molecule has 23 heteroatoms. The van der Waals surface area contributed by atoms with Gasteiger partial charge < -0.3 is 57.6 Å². The number of carbonyl (C=O) groups excluding carboxylic acids is 9. The minimum atomic E-state index is -1.79. The van der Waals surface area contributed by atoms with Gasteiger partial charge in [0.2, 0.25) is 41.4 Å². The van der Waals surface area contributed by atoms with Crippen molar-refractivity contribution in [1.82, 2.24) is 36.0 Å². The second-order valence-corrected chi connectivity index (χ2v) is 16.3. The summed E-state index contributed by atoms with van der Waals surface area (Å²) < 4.78 is -0.561. The van der Waals surface area contributed by atoms with Crippen LogP contribution < -0.4 is 32.7 Å². The van der Waals surface area contributed by atoms with Crippen LogP contribution >= 0.6 is 0 Å². The van der Waals surface area contributed by atoms with Gasteiger partial charge in [0.05, 0.1) is 25.6 Å². The minimum absolute atomic E-state index is 0.00981. The lowest BCUT2D eigenvalue weighted by atomic mass is 10.1. The van der Waals surface area contributed by atoms with Gasteiger partial charge in [-0.15, -0.1) is 0 Å². The van der Waals surface area contributed by atoms with Crippen molar-refractivity contribution in [3.63, 3.8) is 0 Å². The van der Waals surface area contributed by atoms with Crippen LogP contribution in [-0.4, -0.2) is 176 Å². The molecule has 10 N–H and O–H groups in total. The van der Waals surface area contributed by atoms with Gasteiger partial charge in [-0.25, -0.2) is 9.59 Å². The van der Waals surface area contributed by atoms with Crippen molar-refractivity contribution in [2.45, 2.75) is 140 Å². The maximum absolute atomic E-state index is 14.0. The van der Waals surface area contributed by atoms with Crippen LogP contribution in [0.25, 0.3) is 0 Å². The van der Waals surface area contributed by atoms with E-state index in [1.165, 1.54) is 23.6 Å². The average Bonchev–Trinajstić information content (AvgIpc) is 4.03. The molecule has 4 fully saturated rings. The number of hydrogen-bond acceptors (Lipinski definition) is 12. The normalized spacial score (nSPS) is 25.5. The van der Waals surface area contributed by atoms with E-state index in [4.69, 9.17) is 11.5 Å². The van der Waals surface area contributed by atoms with E-state index in [1.807, 2.05) is 0 Å². The molecule has 1 unspecified atom stereocenters. The third-order valence-electron chi connectivity index (χ3n) is 12.0. The molecule has 338 valence electrons. The molecule has 4 aliphatic heterocycles. The van der Waals surface area contributed by atoms with E-state index in [9.17, 15) is 63.0 Å². The summed E-state index contributed by atoms with van der Waals surface area (Å²) in [5.74, 6) is -8.74. The molecule has 4 heterocycles. The SMILES string of the molecule is C[C@H](N)C(=O)N1CCC[C@H]1C(=O)NCC(=O)N[C@@H](CC(=O)O)C(=O)N[C@@H](CCC(=O)O)C(=O)N1CCC[C@H]1C(=O)N[C@@H](C)C(=O)N1CCC[C@H]1C(=O)[N+]1(C(N)=O)CCC[C@H]1C. The van der Waals surface area contributed by atoms with E-state index in [0.29, 0.717) is 44.9 Å². The van der Waals surface area contributed by atoms with Gasteiger partial charge in [0.1, 0.15) is 42.3 Å². The molecule has 0 aromatic heterocycles. The number of carboxylic acids is 2. The number of aliphatic carboxylic acids is 2. The molecule has 23 nitrogen and oxygen atoms in total. The summed E-state index contributed by atoms with van der Waals surface area (Å²) in [5, 5.41) is 28.5. The highest BCUT2D eigenvalue weighted by Crippen LogP contribution is 2.32. The second kappa shape index (κ2) is 20.7. The van der Waals surface area contributed by atoms with Crippen molar-refractivity contribution in [2.75, 3.05) is 32.7 Å². The summed E-state index contributed by atoms with van der Waals surface area (Å²) in [6, 6.07) is -9.53. The number of carbonyl (C=O) groups is 11. The Morgan fingerprint density at radius 3 is 1.77 bits per heavy atom. The Labute approximate surface area is 352 Å². The van der Waals surface area contributed by atoms with Crippen LogP contribution in [0.15, 0.2) is 0 Å². The predicted molar refractivity (Wildman–Crippen MR) is 210 cm³/mol. The van der Waals surface area contributed by atoms with Gasteiger partial charge in [-0.2, -0.15) is 4.48 Å². The van der Waals surface area contributed by atoms with Gasteiger partial charge in [-0.05, 0) is 65.7 Å². The van der Waals surface area contributed by atoms with Crippen LogP contribution in [0.5, 0.6) is 0 Å². The molecule has 0 bridgehead atoms. The lowest BCUT2D eigenvalue weighted by molar-refractivity contribution is -0.784. The van der Waals surface area contributed by atoms with E-state index in [-0.39, 0.29) is 38.6 Å². The smallest absolute Gasteiger partial charge is 0.421 e. The minimum Gasteiger partial charge on any atom is -0.481 e. The highest BCUT2D eigenvalue weighted by Gasteiger charge is 2.56. The summed E-state index contributed by atoms with van der Waals surface area (Å²) in [6.07, 6.45) is 1.26. The Morgan fingerprint density at radius 1 is 0.689 bits per heavy atom. The van der Waals surface area contributed by atoms with Gasteiger partial charge in [0.15, 0.2) is 0 Å². The molecule has 61 heavy (non-hydrogen) atoms. The van der Waals surface area contributed by atoms with Gasteiger partial charge >= 0.3 is 23.9 Å². The van der Waals surface area contributed by atoms with Gasteiger partial charge in [0.25, 0.3) is 0 Å². The fraction of sp³-hybridized carbons (Fsp3) is 0.711. The fourth-order valence-electron chi connectivity index (χ4n) is 8.79. The second-order valence-electron chi connectivity index (χ2n) is 16.3. The lowest BCUT2D eigenvalue weighted by Gasteiger charge is -2.36. The first-order valence-corrected chi connectivity index (χ1v) is 20.7. The summed E-state index contributed by atoms with van der Waals surface area (Å²) in [6.45, 7) is 4.69. The molecule has 4 saturated heterocycles. The summed E-state index contributed by atoms with van der Waals surface area (Å²) in [5.41, 5.74) is 11.4. The van der Waals surface area contributed by atoms with E-state index >= 15 is 0 Å². The molecule has 0 spiro atoms. The largest absolute Gasteiger partial charge is 0.481 e. The van der Waals surface area contributed by atoms with Crippen molar-refractivity contribution in [3.8, 4) is 0 Å². The van der Waals surface area contributed by atoms with Crippen LogP contribution in [0.3, 0.4) is 0 Å². The summed E-state index contributed by atoms with van der Waals surface area (Å²) in [4.78, 5) is 146. The first-order valence-electron chi connectivity index (χ1n) is 20.7. The highest BCUT2D eigenvalue weighted by molar-refractivity contribution is 5.98. The Balaban J connectivity index is 1.41. The van der Waals surface area contributed by atoms with E-state index in [0.717, 1.165) is 4.90 Å². The van der Waals surface area contributed by atoms with Crippen LogP contribution in [0, 0.1) is 0 Å². The molecule has 0 aromatic rings. The van der Waals surface area contributed by atoms with Crippen LogP contribution in [0.4, 0.5) is 4.79 Å². The number of nitrogens with zero attached hydrogens (tertiary/aromatic N) is 4. The average molecular weight is 864 g/mol. The number of quaternary nitrogens is 1. The number of urea groups is 1. The molecule has 0 aliphatic carbocycles. The number of imide groups is 1. The predicted octanol–water partition coefficient (Wildman–Crippen LogP) is -3.16. The molecular weight excluding hydrogens is 804 g/mol. The summed E-state index contributed by atoms with van der Waals surface area (Å²) >= 11 is 0. The number of nitrogens with one attached hydrogen (secondary N) is 4. The zero-order chi connectivity index (χ0) is 45.3. The molecule has 9 atom stereocenters. The molecule has 10 amide bonds. The zero-order valence-corrected chi connectivity index (χ0v) is 34.8. The quantitative estimate of drug-likeness (QED) is 0.0670. The van der Waals surface area contributed by atoms with E-state index < -0.39 is 138 Å². The number of rotatable bonds is 17. The number of carboxylic acid groups (broad SMARTS) is 2. The number of nitrogens with two attached hydrogens (primary N) is 2. The number of primary amides is 1. The standard InChI is InChI=1S/C38H58N10O13/c1-20-8-7-17-48(20,38(40)61)37(60)27-11-6-16-47(27)35(58)22(3)42-33(56)26-10-5-15-46(26)36(59)23(12-13-29(50)51)44-31(54)24(18-30(52)53)43-28(49)19-41-32(55)25-9-4-14-45(25)34(57)21(2)39/h20-27H,4-19,39H2,1-3H3,(H7-,40,41,42,43,44,49,50,51,52,53,54,55,56,61)/p+1/t20-,21+,22+,23+,24+,25+,26+,27+,48?/m1/s1. The van der Waals surface area contributed by atoms with E-state index in [2.05, 4.69) is 21.3 Å². The number of amides is 10. The Kier molecular flexibility index (Phi) is 16.3. The highest BCUT2D eigenvalue weighted by atomic mass is 16.4. The Hall–Kier alpha value is -5.71. The molecular formula is C38H59N10O13+. The van der Waals surface area contributed by atoms with Crippen molar-refractivity contribution in [2.24, 2.45) is 11.5 Å². The molecule has 4 rings (SSSR count). The zero-order valence-electron chi connectivity index (χ0n) is 34.8. The van der Waals surface area contributed by atoms with Crippen molar-refractivity contribution in [3.05, 3.63) is 0 Å². The molecule has 0 radical (unpaired) electrons. The van der Waals surface area contributed by atoms with Crippen LogP contribution in [-0.2, 0) is 47.9 Å².